The van der Waals surface area contributed by atoms with Crippen LogP contribution >= 0.6 is 11.6 Å². The Morgan fingerprint density at radius 3 is 2.39 bits per heavy atom. The number of halogens is 4. The molecule has 4 aromatic rings. The lowest BCUT2D eigenvalue weighted by molar-refractivity contribution is -0.137. The number of hydrogen-bond acceptors (Lipinski definition) is 4. The predicted molar refractivity (Wildman–Crippen MR) is 120 cm³/mol. The highest BCUT2D eigenvalue weighted by Crippen LogP contribution is 2.35. The lowest BCUT2D eigenvalue weighted by atomic mass is 10.2. The lowest BCUT2D eigenvalue weighted by Crippen LogP contribution is -2.18. The van der Waals surface area contributed by atoms with E-state index in [9.17, 15) is 21.6 Å². The van der Waals surface area contributed by atoms with Crippen molar-refractivity contribution < 1.29 is 21.6 Å². The summed E-state index contributed by atoms with van der Waals surface area (Å²) < 4.78 is 66.2. The van der Waals surface area contributed by atoms with Crippen LogP contribution in [0.25, 0.3) is 16.9 Å². The average molecular weight is 493 g/mol. The monoisotopic (exact) mass is 492 g/mol. The number of alkyl halides is 3. The van der Waals surface area contributed by atoms with E-state index in [0.29, 0.717) is 5.56 Å². The van der Waals surface area contributed by atoms with Crippen LogP contribution in [0.4, 0.5) is 13.2 Å². The fourth-order valence-electron chi connectivity index (χ4n) is 3.16. The molecule has 0 amide bonds. The molecule has 2 aromatic heterocycles. The SMILES string of the molecule is Cc1ccc(S(=O)(=O)N/N=C/c2nc(-c3ccccc3)n3cc(C(F)(F)F)cc(Cl)c23)cc1. The highest BCUT2D eigenvalue weighted by molar-refractivity contribution is 7.89. The third kappa shape index (κ3) is 4.71. The summed E-state index contributed by atoms with van der Waals surface area (Å²) in [4.78, 5) is 6.47. The van der Waals surface area contributed by atoms with Gasteiger partial charge in [-0.05, 0) is 25.1 Å². The van der Waals surface area contributed by atoms with Crippen LogP contribution in [-0.2, 0) is 16.2 Å². The molecule has 170 valence electrons. The normalized spacial score (nSPS) is 12.5. The Labute approximate surface area is 192 Å². The number of nitrogens with one attached hydrogen (secondary N) is 1. The van der Waals surface area contributed by atoms with Crippen molar-refractivity contribution in [3.63, 3.8) is 0 Å². The summed E-state index contributed by atoms with van der Waals surface area (Å²) in [7, 11) is -3.95. The molecule has 2 heterocycles. The van der Waals surface area contributed by atoms with Crippen LogP contribution in [0.2, 0.25) is 5.02 Å². The summed E-state index contributed by atoms with van der Waals surface area (Å²) >= 11 is 6.19. The molecule has 0 aliphatic carbocycles. The second-order valence-electron chi connectivity index (χ2n) is 7.15. The topological polar surface area (TPSA) is 75.8 Å². The zero-order chi connectivity index (χ0) is 23.8. The van der Waals surface area contributed by atoms with Gasteiger partial charge in [-0.1, -0.05) is 59.6 Å². The van der Waals surface area contributed by atoms with Crippen molar-refractivity contribution in [3.05, 3.63) is 88.7 Å². The van der Waals surface area contributed by atoms with Crippen LogP contribution in [0.1, 0.15) is 16.8 Å². The number of pyridine rings is 1. The van der Waals surface area contributed by atoms with Crippen LogP contribution in [0.15, 0.2) is 76.9 Å². The van der Waals surface area contributed by atoms with Crippen molar-refractivity contribution in [1.82, 2.24) is 14.2 Å². The first-order valence-electron chi connectivity index (χ1n) is 9.52. The number of nitrogens with zero attached hydrogens (tertiary/aromatic N) is 3. The van der Waals surface area contributed by atoms with E-state index < -0.39 is 21.8 Å². The molecular formula is C22H16ClF3N4O2S. The summed E-state index contributed by atoms with van der Waals surface area (Å²) in [5, 5.41) is 3.56. The van der Waals surface area contributed by atoms with E-state index in [0.717, 1.165) is 24.0 Å². The average Bonchev–Trinajstić information content (AvgIpc) is 3.13. The molecule has 0 aliphatic heterocycles. The van der Waals surface area contributed by atoms with Crippen LogP contribution < -0.4 is 4.83 Å². The standard InChI is InChI=1S/C22H16ClF3N4O2S/c1-14-7-9-17(10-8-14)33(31,32)29-27-12-19-20-18(23)11-16(22(24,25)26)13-30(20)21(28-19)15-5-3-2-4-6-15/h2-13,29H,1H3/b27-12+. The van der Waals surface area contributed by atoms with E-state index in [-0.39, 0.29) is 27.0 Å². The number of aryl methyl sites for hydroxylation is 1. The Morgan fingerprint density at radius 2 is 1.76 bits per heavy atom. The second kappa shape index (κ2) is 8.53. The lowest BCUT2D eigenvalue weighted by Gasteiger charge is -2.10. The van der Waals surface area contributed by atoms with Crippen LogP contribution in [-0.4, -0.2) is 24.0 Å². The van der Waals surface area contributed by atoms with Gasteiger partial charge in [-0.2, -0.15) is 26.7 Å². The zero-order valence-corrected chi connectivity index (χ0v) is 18.6. The second-order valence-corrected chi connectivity index (χ2v) is 9.21. The molecule has 0 radical (unpaired) electrons. The molecule has 0 fully saturated rings. The maximum absolute atomic E-state index is 13.4. The van der Waals surface area contributed by atoms with Gasteiger partial charge < -0.3 is 0 Å². The summed E-state index contributed by atoms with van der Waals surface area (Å²) in [6, 6.07) is 15.5. The van der Waals surface area contributed by atoms with Gasteiger partial charge >= 0.3 is 6.18 Å². The molecule has 0 saturated heterocycles. The molecule has 0 unspecified atom stereocenters. The minimum Gasteiger partial charge on any atom is -0.297 e. The van der Waals surface area contributed by atoms with Crippen molar-refractivity contribution in [2.45, 2.75) is 18.0 Å². The van der Waals surface area contributed by atoms with Crippen molar-refractivity contribution in [3.8, 4) is 11.4 Å². The highest BCUT2D eigenvalue weighted by atomic mass is 35.5. The molecule has 6 nitrogen and oxygen atoms in total. The number of rotatable bonds is 5. The smallest absolute Gasteiger partial charge is 0.297 e. The minimum atomic E-state index is -4.62. The number of sulfonamides is 1. The zero-order valence-electron chi connectivity index (χ0n) is 17.0. The molecule has 0 atom stereocenters. The first-order valence-corrected chi connectivity index (χ1v) is 11.4. The number of imidazole rings is 1. The number of hydrogen-bond donors (Lipinski definition) is 1. The Morgan fingerprint density at radius 1 is 1.09 bits per heavy atom. The molecule has 11 heteroatoms. The third-order valence-corrected chi connectivity index (χ3v) is 6.29. The summed E-state index contributed by atoms with van der Waals surface area (Å²) in [5.41, 5.74) is 0.741. The maximum atomic E-state index is 13.4. The predicted octanol–water partition coefficient (Wildman–Crippen LogP) is 5.29. The molecule has 0 spiro atoms. The first-order chi connectivity index (χ1) is 15.6. The Kier molecular flexibility index (Phi) is 5.89. The van der Waals surface area contributed by atoms with Gasteiger partial charge in [0, 0.05) is 11.8 Å². The maximum Gasteiger partial charge on any atom is 0.417 e. The van der Waals surface area contributed by atoms with Crippen LogP contribution in [0, 0.1) is 6.92 Å². The molecule has 0 bridgehead atoms. The summed E-state index contributed by atoms with van der Waals surface area (Å²) in [5.74, 6) is 0.196. The first kappa shape index (κ1) is 22.8. The molecule has 4 rings (SSSR count). The summed E-state index contributed by atoms with van der Waals surface area (Å²) in [6.45, 7) is 1.82. The van der Waals surface area contributed by atoms with E-state index in [1.54, 1.807) is 42.5 Å². The van der Waals surface area contributed by atoms with Gasteiger partial charge in [0.1, 0.15) is 11.5 Å². The van der Waals surface area contributed by atoms with E-state index in [1.165, 1.54) is 16.5 Å². The molecule has 1 N–H and O–H groups in total. The molecular weight excluding hydrogens is 477 g/mol. The van der Waals surface area contributed by atoms with Gasteiger partial charge in [-0.25, -0.2) is 9.82 Å². The fourth-order valence-corrected chi connectivity index (χ4v) is 4.25. The van der Waals surface area contributed by atoms with E-state index in [4.69, 9.17) is 11.6 Å². The number of fused-ring (bicyclic) bond motifs is 1. The Balaban J connectivity index is 1.78. The van der Waals surface area contributed by atoms with E-state index in [1.807, 2.05) is 6.92 Å². The van der Waals surface area contributed by atoms with Gasteiger partial charge in [-0.3, -0.25) is 4.40 Å². The van der Waals surface area contributed by atoms with E-state index >= 15 is 0 Å². The van der Waals surface area contributed by atoms with Gasteiger partial charge in [-0.15, -0.1) is 0 Å². The quantitative estimate of drug-likeness (QED) is 0.303. The third-order valence-electron chi connectivity index (χ3n) is 4.77. The molecule has 33 heavy (non-hydrogen) atoms. The Hall–Kier alpha value is -3.37. The van der Waals surface area contributed by atoms with Crippen molar-refractivity contribution in [2.75, 3.05) is 0 Å². The van der Waals surface area contributed by atoms with Crippen LogP contribution in [0.3, 0.4) is 0 Å². The van der Waals surface area contributed by atoms with Gasteiger partial charge in [0.25, 0.3) is 10.0 Å². The van der Waals surface area contributed by atoms with Crippen molar-refractivity contribution in [2.24, 2.45) is 5.10 Å². The molecule has 2 aromatic carbocycles. The number of hydrazone groups is 1. The van der Waals surface area contributed by atoms with Crippen molar-refractivity contribution in [1.29, 1.82) is 0 Å². The molecule has 0 saturated carbocycles. The van der Waals surface area contributed by atoms with Gasteiger partial charge in [0.2, 0.25) is 0 Å². The van der Waals surface area contributed by atoms with E-state index in [2.05, 4.69) is 14.9 Å². The number of aromatic nitrogens is 2. The largest absolute Gasteiger partial charge is 0.417 e. The van der Waals surface area contributed by atoms with Gasteiger partial charge in [0.05, 0.1) is 27.2 Å². The fraction of sp³-hybridized carbons (Fsp3) is 0.0909. The van der Waals surface area contributed by atoms with Crippen molar-refractivity contribution >= 4 is 33.4 Å². The van der Waals surface area contributed by atoms with Gasteiger partial charge in [0.15, 0.2) is 0 Å². The minimum absolute atomic E-state index is 0.0118. The summed E-state index contributed by atoms with van der Waals surface area (Å²) in [6.07, 6.45) is -2.62. The molecule has 0 aliphatic rings. The number of benzene rings is 2. The Bertz CT molecular complexity index is 1450. The highest BCUT2D eigenvalue weighted by Gasteiger charge is 2.32. The van der Waals surface area contributed by atoms with Crippen LogP contribution in [0.5, 0.6) is 0 Å².